The molecule has 118 valence electrons. The van der Waals surface area contributed by atoms with Crippen LogP contribution in [0, 0.1) is 5.41 Å². The molecule has 0 heterocycles. The lowest BCUT2D eigenvalue weighted by atomic mass is 9.74. The van der Waals surface area contributed by atoms with E-state index in [-0.39, 0.29) is 0 Å². The molecule has 0 radical (unpaired) electrons. The van der Waals surface area contributed by atoms with Gasteiger partial charge in [0, 0.05) is 0 Å². The zero-order valence-electron chi connectivity index (χ0n) is 14.7. The van der Waals surface area contributed by atoms with Crippen LogP contribution < -0.4 is 0 Å². The number of fused-ring (bicyclic) bond motifs is 1. The van der Waals surface area contributed by atoms with Crippen molar-refractivity contribution in [2.75, 3.05) is 0 Å². The van der Waals surface area contributed by atoms with E-state index in [1.54, 1.807) is 16.7 Å². The van der Waals surface area contributed by atoms with Crippen molar-refractivity contribution in [3.05, 3.63) is 70.8 Å². The van der Waals surface area contributed by atoms with Gasteiger partial charge in [0.2, 0.25) is 0 Å². The van der Waals surface area contributed by atoms with Gasteiger partial charge in [-0.3, -0.25) is 0 Å². The van der Waals surface area contributed by atoms with Crippen LogP contribution in [0.4, 0.5) is 0 Å². The topological polar surface area (TPSA) is 0 Å². The van der Waals surface area contributed by atoms with E-state index in [1.165, 1.54) is 36.8 Å². The second kappa shape index (κ2) is 7.13. The second-order valence-electron chi connectivity index (χ2n) is 6.75. The predicted octanol–water partition coefficient (Wildman–Crippen LogP) is 6.43. The maximum Gasteiger partial charge on any atom is -0.000331 e. The summed E-state index contributed by atoms with van der Waals surface area (Å²) in [4.78, 5) is 0. The van der Waals surface area contributed by atoms with E-state index >= 15 is 0 Å². The lowest BCUT2D eigenvalue weighted by molar-refractivity contribution is 0.357. The zero-order valence-corrected chi connectivity index (χ0v) is 14.7. The standard InChI is InChI=1S/C19H22.C3H8/c1-4-15-11-18(10-14(15)3)19(5-2)12-16-8-6-7-9-17(16)13-19;1-3-2/h4,6-9,11H,1,5,10,12-13H2,2-3H3;3H2,1-2H3. The molecule has 2 aliphatic carbocycles. The quantitative estimate of drug-likeness (QED) is 0.602. The first kappa shape index (κ1) is 16.8. The summed E-state index contributed by atoms with van der Waals surface area (Å²) in [6, 6.07) is 8.95. The van der Waals surface area contributed by atoms with Crippen LogP contribution in [-0.4, -0.2) is 0 Å². The molecule has 0 bridgehead atoms. The van der Waals surface area contributed by atoms with Gasteiger partial charge in [0.15, 0.2) is 0 Å². The Labute approximate surface area is 136 Å². The second-order valence-corrected chi connectivity index (χ2v) is 6.75. The van der Waals surface area contributed by atoms with Gasteiger partial charge < -0.3 is 0 Å². The molecule has 0 atom stereocenters. The molecule has 0 spiro atoms. The molecule has 0 heteroatoms. The van der Waals surface area contributed by atoms with E-state index in [0.29, 0.717) is 5.41 Å². The third-order valence-corrected chi connectivity index (χ3v) is 5.03. The summed E-state index contributed by atoms with van der Waals surface area (Å²) >= 11 is 0. The van der Waals surface area contributed by atoms with Crippen LogP contribution in [0.15, 0.2) is 59.7 Å². The van der Waals surface area contributed by atoms with Crippen molar-refractivity contribution in [1.82, 2.24) is 0 Å². The SMILES string of the molecule is C=CC1=C(C)CC(C2(CC)Cc3ccccc3C2)=C1.CCC. The fourth-order valence-electron chi connectivity index (χ4n) is 3.72. The van der Waals surface area contributed by atoms with Crippen LogP contribution in [0.1, 0.15) is 58.1 Å². The Hall–Kier alpha value is -1.56. The molecule has 0 aliphatic heterocycles. The van der Waals surface area contributed by atoms with Gasteiger partial charge in [-0.25, -0.2) is 0 Å². The van der Waals surface area contributed by atoms with Gasteiger partial charge in [-0.15, -0.1) is 0 Å². The molecule has 0 nitrogen and oxygen atoms in total. The molecule has 0 N–H and O–H groups in total. The maximum absolute atomic E-state index is 3.94. The van der Waals surface area contributed by atoms with Crippen LogP contribution in [0.2, 0.25) is 0 Å². The van der Waals surface area contributed by atoms with Crippen molar-refractivity contribution in [2.24, 2.45) is 5.41 Å². The van der Waals surface area contributed by atoms with Crippen molar-refractivity contribution in [2.45, 2.75) is 59.8 Å². The predicted molar refractivity (Wildman–Crippen MR) is 98.1 cm³/mol. The molecule has 1 aromatic carbocycles. The molecule has 0 aromatic heterocycles. The number of hydrogen-bond acceptors (Lipinski definition) is 0. The Bertz CT molecular complexity index is 573. The minimum Gasteiger partial charge on any atom is -0.0985 e. The van der Waals surface area contributed by atoms with E-state index in [9.17, 15) is 0 Å². The minimum atomic E-state index is 0.357. The third kappa shape index (κ3) is 3.11. The minimum absolute atomic E-state index is 0.357. The molecule has 0 fully saturated rings. The average Bonchev–Trinajstić information content (AvgIpc) is 3.09. The fraction of sp³-hybridized carbons (Fsp3) is 0.455. The van der Waals surface area contributed by atoms with Gasteiger partial charge in [0.1, 0.15) is 0 Å². The lowest BCUT2D eigenvalue weighted by Gasteiger charge is -2.30. The molecule has 3 rings (SSSR count). The maximum atomic E-state index is 3.94. The summed E-state index contributed by atoms with van der Waals surface area (Å²) in [5.74, 6) is 0. The number of benzene rings is 1. The monoisotopic (exact) mass is 294 g/mol. The first-order chi connectivity index (χ1) is 10.6. The molecular formula is C22H30. The summed E-state index contributed by atoms with van der Waals surface area (Å²) in [6.07, 6.45) is 10.5. The fourth-order valence-corrected chi connectivity index (χ4v) is 3.72. The lowest BCUT2D eigenvalue weighted by Crippen LogP contribution is -2.22. The highest BCUT2D eigenvalue weighted by molar-refractivity contribution is 5.49. The summed E-state index contributed by atoms with van der Waals surface area (Å²) in [6.45, 7) is 12.8. The summed E-state index contributed by atoms with van der Waals surface area (Å²) in [5, 5.41) is 0. The molecule has 1 aromatic rings. The highest BCUT2D eigenvalue weighted by Gasteiger charge is 2.39. The summed E-state index contributed by atoms with van der Waals surface area (Å²) in [7, 11) is 0. The van der Waals surface area contributed by atoms with Crippen LogP contribution >= 0.6 is 0 Å². The Morgan fingerprint density at radius 1 is 1.09 bits per heavy atom. The van der Waals surface area contributed by atoms with Crippen LogP contribution in [0.3, 0.4) is 0 Å². The molecule has 0 saturated carbocycles. The van der Waals surface area contributed by atoms with E-state index in [4.69, 9.17) is 0 Å². The van der Waals surface area contributed by atoms with Crippen molar-refractivity contribution >= 4 is 0 Å². The molecule has 0 unspecified atom stereocenters. The van der Waals surface area contributed by atoms with Crippen LogP contribution in [-0.2, 0) is 12.8 Å². The van der Waals surface area contributed by atoms with Crippen molar-refractivity contribution in [1.29, 1.82) is 0 Å². The number of rotatable bonds is 3. The third-order valence-electron chi connectivity index (χ3n) is 5.03. The van der Waals surface area contributed by atoms with Gasteiger partial charge in [0.25, 0.3) is 0 Å². The van der Waals surface area contributed by atoms with Crippen LogP contribution in [0.5, 0.6) is 0 Å². The first-order valence-electron chi connectivity index (χ1n) is 8.70. The van der Waals surface area contributed by atoms with Gasteiger partial charge in [-0.1, -0.05) is 81.3 Å². The summed E-state index contributed by atoms with van der Waals surface area (Å²) in [5.41, 5.74) is 7.91. The van der Waals surface area contributed by atoms with Gasteiger partial charge in [0.05, 0.1) is 0 Å². The smallest absolute Gasteiger partial charge is 0.000331 e. The number of hydrogen-bond donors (Lipinski definition) is 0. The molecule has 2 aliphatic rings. The highest BCUT2D eigenvalue weighted by Crippen LogP contribution is 2.49. The molecule has 22 heavy (non-hydrogen) atoms. The molecule has 0 saturated heterocycles. The van der Waals surface area contributed by atoms with Crippen molar-refractivity contribution in [3.8, 4) is 0 Å². The van der Waals surface area contributed by atoms with E-state index < -0.39 is 0 Å². The van der Waals surface area contributed by atoms with Crippen molar-refractivity contribution in [3.63, 3.8) is 0 Å². The highest BCUT2D eigenvalue weighted by atomic mass is 14.4. The normalized spacial score (nSPS) is 18.5. The number of allylic oxidation sites excluding steroid dienone is 5. The van der Waals surface area contributed by atoms with Crippen molar-refractivity contribution < 1.29 is 0 Å². The van der Waals surface area contributed by atoms with Gasteiger partial charge in [-0.05, 0) is 54.7 Å². The van der Waals surface area contributed by atoms with Gasteiger partial charge in [-0.2, -0.15) is 0 Å². The Morgan fingerprint density at radius 3 is 2.05 bits per heavy atom. The van der Waals surface area contributed by atoms with Gasteiger partial charge >= 0.3 is 0 Å². The molecule has 0 amide bonds. The average molecular weight is 294 g/mol. The zero-order chi connectivity index (χ0) is 16.2. The van der Waals surface area contributed by atoms with E-state index in [0.717, 1.165) is 6.42 Å². The Balaban J connectivity index is 0.000000545. The van der Waals surface area contributed by atoms with E-state index in [2.05, 4.69) is 64.6 Å². The Kier molecular flexibility index (Phi) is 5.45. The van der Waals surface area contributed by atoms with E-state index in [1.807, 2.05) is 6.08 Å². The first-order valence-corrected chi connectivity index (χ1v) is 8.70. The summed E-state index contributed by atoms with van der Waals surface area (Å²) < 4.78 is 0. The molecular weight excluding hydrogens is 264 g/mol. The van der Waals surface area contributed by atoms with Crippen LogP contribution in [0.25, 0.3) is 0 Å². The Morgan fingerprint density at radius 2 is 1.64 bits per heavy atom. The largest absolute Gasteiger partial charge is 0.0985 e.